The van der Waals surface area contributed by atoms with Crippen LogP contribution in [0.1, 0.15) is 43.7 Å². The lowest BCUT2D eigenvalue weighted by Crippen LogP contribution is -2.28. The van der Waals surface area contributed by atoms with Gasteiger partial charge in [0.1, 0.15) is 12.4 Å². The number of carbonyl (C=O) groups excluding carboxylic acids is 1. The molecule has 0 bridgehead atoms. The van der Waals surface area contributed by atoms with Crippen LogP contribution >= 0.6 is 0 Å². The normalized spacial score (nSPS) is 17.0. The van der Waals surface area contributed by atoms with Crippen molar-refractivity contribution in [1.82, 2.24) is 20.5 Å². The van der Waals surface area contributed by atoms with Gasteiger partial charge in [-0.05, 0) is 50.9 Å². The predicted molar refractivity (Wildman–Crippen MR) is 97.2 cm³/mol. The van der Waals surface area contributed by atoms with Gasteiger partial charge in [0.2, 0.25) is 5.91 Å². The molecule has 1 saturated heterocycles. The molecule has 0 aliphatic carbocycles. The molecule has 0 unspecified atom stereocenters. The zero-order chi connectivity index (χ0) is 18.8. The number of likely N-dealkylation sites (tertiary alicyclic amines) is 1. The number of ether oxygens (including phenoxy) is 1. The van der Waals surface area contributed by atoms with Gasteiger partial charge >= 0.3 is 6.09 Å². The summed E-state index contributed by atoms with van der Waals surface area (Å²) in [6.07, 6.45) is 6.55. The number of hydrogen-bond donors (Lipinski definition) is 3. The summed E-state index contributed by atoms with van der Waals surface area (Å²) in [5.74, 6) is 0.667. The minimum absolute atomic E-state index is 0.0524. The van der Waals surface area contributed by atoms with Gasteiger partial charge in [-0.25, -0.2) is 4.79 Å². The minimum atomic E-state index is -1.04. The van der Waals surface area contributed by atoms with Crippen LogP contribution in [0.5, 0.6) is 5.75 Å². The van der Waals surface area contributed by atoms with Crippen LogP contribution in [-0.4, -0.2) is 60.3 Å². The second kappa shape index (κ2) is 10.6. The molecule has 1 fully saturated rings. The first-order valence-electron chi connectivity index (χ1n) is 9.07. The number of carboxylic acid groups (broad SMARTS) is 1. The topological polar surface area (TPSA) is 104 Å². The van der Waals surface area contributed by atoms with Crippen molar-refractivity contribution in [2.75, 3.05) is 33.3 Å². The van der Waals surface area contributed by atoms with Crippen molar-refractivity contribution < 1.29 is 19.4 Å². The van der Waals surface area contributed by atoms with Crippen LogP contribution in [0, 0.1) is 0 Å². The van der Waals surface area contributed by atoms with Gasteiger partial charge in [0.25, 0.3) is 0 Å². The molecule has 8 heteroatoms. The van der Waals surface area contributed by atoms with E-state index >= 15 is 0 Å². The third-order valence-corrected chi connectivity index (χ3v) is 4.44. The maximum atomic E-state index is 11.7. The monoisotopic (exact) mass is 364 g/mol. The number of aromatic nitrogens is 1. The van der Waals surface area contributed by atoms with E-state index in [1.165, 1.54) is 12.0 Å². The summed E-state index contributed by atoms with van der Waals surface area (Å²) in [6, 6.07) is 2.43. The number of rotatable bonds is 10. The average molecular weight is 364 g/mol. The first kappa shape index (κ1) is 20.0. The molecule has 1 aromatic rings. The Bertz CT molecular complexity index is 596. The fourth-order valence-electron chi connectivity index (χ4n) is 3.08. The van der Waals surface area contributed by atoms with Gasteiger partial charge < -0.3 is 20.5 Å². The van der Waals surface area contributed by atoms with E-state index in [1.54, 1.807) is 6.20 Å². The van der Waals surface area contributed by atoms with Crippen molar-refractivity contribution in [3.05, 3.63) is 24.0 Å². The van der Waals surface area contributed by atoms with Crippen molar-refractivity contribution in [3.63, 3.8) is 0 Å². The van der Waals surface area contributed by atoms with E-state index in [0.717, 1.165) is 18.7 Å². The Balaban J connectivity index is 1.61. The highest BCUT2D eigenvalue weighted by atomic mass is 16.5. The molecule has 1 aliphatic rings. The van der Waals surface area contributed by atoms with Gasteiger partial charge in [0.15, 0.2) is 0 Å². The molecule has 1 aliphatic heterocycles. The molecule has 2 amide bonds. The van der Waals surface area contributed by atoms with Gasteiger partial charge in [-0.1, -0.05) is 0 Å². The van der Waals surface area contributed by atoms with Crippen LogP contribution in [-0.2, 0) is 4.79 Å². The summed E-state index contributed by atoms with van der Waals surface area (Å²) in [4.78, 5) is 28.6. The van der Waals surface area contributed by atoms with Gasteiger partial charge in [-0.2, -0.15) is 0 Å². The van der Waals surface area contributed by atoms with Crippen LogP contribution < -0.4 is 15.4 Å². The fourth-order valence-corrected chi connectivity index (χ4v) is 3.08. The Kier molecular flexibility index (Phi) is 8.14. The van der Waals surface area contributed by atoms with E-state index in [2.05, 4.69) is 27.6 Å². The molecule has 0 radical (unpaired) electrons. The number of nitrogens with one attached hydrogen (secondary N) is 2. The van der Waals surface area contributed by atoms with Crippen LogP contribution in [0.15, 0.2) is 18.5 Å². The summed E-state index contributed by atoms with van der Waals surface area (Å²) in [7, 11) is 2.12. The molecular weight excluding hydrogens is 336 g/mol. The third-order valence-electron chi connectivity index (χ3n) is 4.44. The molecule has 0 aromatic carbocycles. The molecule has 8 nitrogen and oxygen atoms in total. The Morgan fingerprint density at radius 3 is 2.88 bits per heavy atom. The quantitative estimate of drug-likeness (QED) is 0.547. The summed E-state index contributed by atoms with van der Waals surface area (Å²) in [5, 5.41) is 13.5. The maximum absolute atomic E-state index is 11.7. The lowest BCUT2D eigenvalue weighted by atomic mass is 10.1. The minimum Gasteiger partial charge on any atom is -0.490 e. The standard InChI is InChI=1S/C18H28N4O4/c1-22-9-4-5-16(22)14-11-15(13-19-12-14)26-10-8-20-17(23)6-2-3-7-21-18(24)25/h11-13,16,21H,2-10H2,1H3,(H,20,23)(H,24,25)/t16-/m0/s1. The second-order valence-corrected chi connectivity index (χ2v) is 6.48. The van der Waals surface area contributed by atoms with E-state index in [4.69, 9.17) is 9.84 Å². The molecule has 26 heavy (non-hydrogen) atoms. The zero-order valence-corrected chi connectivity index (χ0v) is 15.2. The summed E-state index contributed by atoms with van der Waals surface area (Å²) in [5.41, 5.74) is 1.17. The van der Waals surface area contributed by atoms with E-state index < -0.39 is 6.09 Å². The molecule has 1 aromatic heterocycles. The van der Waals surface area contributed by atoms with Crippen LogP contribution in [0.2, 0.25) is 0 Å². The highest BCUT2D eigenvalue weighted by molar-refractivity contribution is 5.75. The maximum Gasteiger partial charge on any atom is 0.404 e. The first-order chi connectivity index (χ1) is 12.6. The predicted octanol–water partition coefficient (Wildman–Crippen LogP) is 1.78. The smallest absolute Gasteiger partial charge is 0.404 e. The summed E-state index contributed by atoms with van der Waals surface area (Å²) >= 11 is 0. The van der Waals surface area contributed by atoms with Crippen molar-refractivity contribution >= 4 is 12.0 Å². The average Bonchev–Trinajstić information content (AvgIpc) is 3.04. The molecule has 2 heterocycles. The van der Waals surface area contributed by atoms with Gasteiger partial charge in [0, 0.05) is 25.2 Å². The molecule has 144 valence electrons. The van der Waals surface area contributed by atoms with E-state index in [1.807, 2.05) is 12.3 Å². The SMILES string of the molecule is CN1CCC[C@H]1c1cncc(OCCNC(=O)CCCCNC(=O)O)c1. The largest absolute Gasteiger partial charge is 0.490 e. The molecular formula is C18H28N4O4. The van der Waals surface area contributed by atoms with E-state index in [0.29, 0.717) is 45.0 Å². The highest BCUT2D eigenvalue weighted by Gasteiger charge is 2.23. The Morgan fingerprint density at radius 2 is 2.15 bits per heavy atom. The van der Waals surface area contributed by atoms with Gasteiger partial charge in [-0.3, -0.25) is 14.7 Å². The highest BCUT2D eigenvalue weighted by Crippen LogP contribution is 2.31. The van der Waals surface area contributed by atoms with Crippen molar-refractivity contribution in [2.24, 2.45) is 0 Å². The lowest BCUT2D eigenvalue weighted by molar-refractivity contribution is -0.121. The summed E-state index contributed by atoms with van der Waals surface area (Å²) < 4.78 is 5.69. The van der Waals surface area contributed by atoms with E-state index in [-0.39, 0.29) is 5.91 Å². The number of hydrogen-bond acceptors (Lipinski definition) is 5. The number of carbonyl (C=O) groups is 2. The van der Waals surface area contributed by atoms with Crippen LogP contribution in [0.4, 0.5) is 4.79 Å². The number of nitrogens with zero attached hydrogens (tertiary/aromatic N) is 2. The Morgan fingerprint density at radius 1 is 1.31 bits per heavy atom. The molecule has 3 N–H and O–H groups in total. The lowest BCUT2D eigenvalue weighted by Gasteiger charge is -2.19. The molecule has 0 saturated carbocycles. The third kappa shape index (κ3) is 6.87. The molecule has 2 rings (SSSR count). The Labute approximate surface area is 153 Å². The van der Waals surface area contributed by atoms with Crippen molar-refractivity contribution in [2.45, 2.75) is 38.1 Å². The molecule has 0 spiro atoms. The van der Waals surface area contributed by atoms with Gasteiger partial charge in [-0.15, -0.1) is 0 Å². The second-order valence-electron chi connectivity index (χ2n) is 6.48. The van der Waals surface area contributed by atoms with Gasteiger partial charge in [0.05, 0.1) is 12.7 Å². The fraction of sp³-hybridized carbons (Fsp3) is 0.611. The van der Waals surface area contributed by atoms with Crippen LogP contribution in [0.25, 0.3) is 0 Å². The van der Waals surface area contributed by atoms with Crippen LogP contribution in [0.3, 0.4) is 0 Å². The van der Waals surface area contributed by atoms with E-state index in [9.17, 15) is 9.59 Å². The number of pyridine rings is 1. The Hall–Kier alpha value is -2.35. The zero-order valence-electron chi connectivity index (χ0n) is 15.2. The van der Waals surface area contributed by atoms with Crippen molar-refractivity contribution in [1.29, 1.82) is 0 Å². The summed E-state index contributed by atoms with van der Waals surface area (Å²) in [6.45, 7) is 2.29. The number of unbranched alkanes of at least 4 members (excludes halogenated alkanes) is 1. The number of amides is 2. The molecule has 1 atom stereocenters. The first-order valence-corrected chi connectivity index (χ1v) is 9.07. The van der Waals surface area contributed by atoms with Crippen molar-refractivity contribution in [3.8, 4) is 5.75 Å².